The highest BCUT2D eigenvalue weighted by molar-refractivity contribution is 5.98. The Hall–Kier alpha value is -3.62. The van der Waals surface area contributed by atoms with E-state index in [1.54, 1.807) is 19.2 Å². The third kappa shape index (κ3) is 4.62. The SMILES string of the molecule is COc1ccc(CNC(=O)c2cnn3c2N[C@@H](c2ccc(C)cc2)C[C@H]3C(F)F)cc1OC. The molecule has 0 unspecified atom stereocenters. The minimum Gasteiger partial charge on any atom is -0.493 e. The number of rotatable bonds is 7. The van der Waals surface area contributed by atoms with Gasteiger partial charge in [0.15, 0.2) is 11.5 Å². The molecule has 2 N–H and O–H groups in total. The zero-order valence-electron chi connectivity index (χ0n) is 18.6. The lowest BCUT2D eigenvalue weighted by atomic mass is 9.96. The highest BCUT2D eigenvalue weighted by atomic mass is 19.3. The van der Waals surface area contributed by atoms with Crippen molar-refractivity contribution in [3.05, 3.63) is 70.9 Å². The third-order valence-electron chi connectivity index (χ3n) is 5.81. The van der Waals surface area contributed by atoms with Crippen molar-refractivity contribution < 1.29 is 23.0 Å². The van der Waals surface area contributed by atoms with Crippen LogP contribution in [0.4, 0.5) is 14.6 Å². The molecular weight excluding hydrogens is 430 g/mol. The van der Waals surface area contributed by atoms with Crippen LogP contribution in [0, 0.1) is 6.92 Å². The Labute approximate surface area is 190 Å². The summed E-state index contributed by atoms with van der Waals surface area (Å²) in [6.07, 6.45) is -1.11. The Morgan fingerprint density at radius 2 is 1.91 bits per heavy atom. The molecule has 2 heterocycles. The van der Waals surface area contributed by atoms with Gasteiger partial charge in [0, 0.05) is 6.54 Å². The highest BCUT2D eigenvalue weighted by Gasteiger charge is 2.36. The number of benzene rings is 2. The summed E-state index contributed by atoms with van der Waals surface area (Å²) in [6.45, 7) is 2.19. The van der Waals surface area contributed by atoms with E-state index in [0.29, 0.717) is 17.3 Å². The summed E-state index contributed by atoms with van der Waals surface area (Å²) in [5.74, 6) is 1.02. The van der Waals surface area contributed by atoms with E-state index in [-0.39, 0.29) is 24.6 Å². The first kappa shape index (κ1) is 22.6. The van der Waals surface area contributed by atoms with Crippen molar-refractivity contribution in [1.82, 2.24) is 15.1 Å². The second-order valence-electron chi connectivity index (χ2n) is 7.97. The zero-order valence-corrected chi connectivity index (χ0v) is 18.6. The lowest BCUT2D eigenvalue weighted by molar-refractivity contribution is 0.0656. The molecule has 0 fully saturated rings. The van der Waals surface area contributed by atoms with Gasteiger partial charge in [-0.2, -0.15) is 5.10 Å². The van der Waals surface area contributed by atoms with Crippen LogP contribution in [-0.4, -0.2) is 36.3 Å². The highest BCUT2D eigenvalue weighted by Crippen LogP contribution is 2.39. The van der Waals surface area contributed by atoms with Crippen LogP contribution in [0.3, 0.4) is 0 Å². The number of halogens is 2. The van der Waals surface area contributed by atoms with Crippen molar-refractivity contribution in [1.29, 1.82) is 0 Å². The summed E-state index contributed by atoms with van der Waals surface area (Å²) in [4.78, 5) is 12.9. The number of alkyl halides is 2. The summed E-state index contributed by atoms with van der Waals surface area (Å²) >= 11 is 0. The molecule has 1 aromatic heterocycles. The normalized spacial score (nSPS) is 17.3. The molecule has 9 heteroatoms. The van der Waals surface area contributed by atoms with Gasteiger partial charge in [0.25, 0.3) is 12.3 Å². The minimum absolute atomic E-state index is 0.169. The number of aromatic nitrogens is 2. The van der Waals surface area contributed by atoms with Gasteiger partial charge in [-0.3, -0.25) is 4.79 Å². The number of nitrogens with one attached hydrogen (secondary N) is 2. The van der Waals surface area contributed by atoms with E-state index in [2.05, 4.69) is 15.7 Å². The van der Waals surface area contributed by atoms with E-state index in [4.69, 9.17) is 9.47 Å². The van der Waals surface area contributed by atoms with Crippen LogP contribution >= 0.6 is 0 Å². The minimum atomic E-state index is -2.61. The number of methoxy groups -OCH3 is 2. The average Bonchev–Trinajstić information content (AvgIpc) is 3.26. The van der Waals surface area contributed by atoms with Crippen LogP contribution < -0.4 is 20.1 Å². The Bertz CT molecular complexity index is 1130. The number of fused-ring (bicyclic) bond motifs is 1. The van der Waals surface area contributed by atoms with Crippen LogP contribution in [0.2, 0.25) is 0 Å². The molecule has 0 bridgehead atoms. The van der Waals surface area contributed by atoms with E-state index >= 15 is 0 Å². The molecule has 0 saturated carbocycles. The van der Waals surface area contributed by atoms with E-state index < -0.39 is 18.4 Å². The van der Waals surface area contributed by atoms with Crippen molar-refractivity contribution in [2.75, 3.05) is 19.5 Å². The fourth-order valence-corrected chi connectivity index (χ4v) is 3.98. The molecule has 0 radical (unpaired) electrons. The number of amides is 1. The summed E-state index contributed by atoms with van der Waals surface area (Å²) < 4.78 is 39.5. The first-order valence-electron chi connectivity index (χ1n) is 10.6. The van der Waals surface area contributed by atoms with Gasteiger partial charge >= 0.3 is 0 Å². The first-order valence-corrected chi connectivity index (χ1v) is 10.6. The van der Waals surface area contributed by atoms with Gasteiger partial charge in [0.1, 0.15) is 17.4 Å². The lowest BCUT2D eigenvalue weighted by Crippen LogP contribution is -2.32. The van der Waals surface area contributed by atoms with Crippen molar-refractivity contribution in [2.24, 2.45) is 0 Å². The van der Waals surface area contributed by atoms with Crippen LogP contribution in [0.15, 0.2) is 48.7 Å². The molecule has 0 spiro atoms. The van der Waals surface area contributed by atoms with Crippen molar-refractivity contribution in [3.8, 4) is 11.5 Å². The van der Waals surface area contributed by atoms with Gasteiger partial charge in [-0.25, -0.2) is 13.5 Å². The monoisotopic (exact) mass is 456 g/mol. The fraction of sp³-hybridized carbons (Fsp3) is 0.333. The zero-order chi connectivity index (χ0) is 23.5. The number of carbonyl (C=O) groups is 1. The second-order valence-corrected chi connectivity index (χ2v) is 7.97. The lowest BCUT2D eigenvalue weighted by Gasteiger charge is -2.32. The molecule has 1 aliphatic rings. The molecule has 3 aromatic rings. The Balaban J connectivity index is 1.55. The maximum atomic E-state index is 13.9. The summed E-state index contributed by atoms with van der Waals surface area (Å²) in [5, 5.41) is 10.2. The van der Waals surface area contributed by atoms with Crippen LogP contribution in [0.25, 0.3) is 0 Å². The van der Waals surface area contributed by atoms with Gasteiger partial charge in [0.2, 0.25) is 0 Å². The Morgan fingerprint density at radius 1 is 1.18 bits per heavy atom. The molecular formula is C24H26F2N4O3. The number of ether oxygens (including phenoxy) is 2. The number of hydrogen-bond acceptors (Lipinski definition) is 5. The van der Waals surface area contributed by atoms with E-state index in [0.717, 1.165) is 16.7 Å². The second kappa shape index (κ2) is 9.48. The smallest absolute Gasteiger partial charge is 0.260 e. The van der Waals surface area contributed by atoms with E-state index in [9.17, 15) is 13.6 Å². The van der Waals surface area contributed by atoms with Crippen molar-refractivity contribution in [2.45, 2.75) is 38.4 Å². The molecule has 174 valence electrons. The standard InChI is InChI=1S/C24H26F2N4O3/c1-14-4-7-16(8-5-14)18-11-19(22(25)26)30-23(29-18)17(13-28-30)24(31)27-12-15-6-9-20(32-2)21(10-15)33-3/h4-10,13,18-19,22,29H,11-12H2,1-3H3,(H,27,31)/t18-,19+/m1/s1. The number of carbonyl (C=O) groups excluding carboxylic acids is 1. The quantitative estimate of drug-likeness (QED) is 0.547. The fourth-order valence-electron chi connectivity index (χ4n) is 3.98. The summed E-state index contributed by atoms with van der Waals surface area (Å²) in [7, 11) is 3.08. The van der Waals surface area contributed by atoms with Crippen LogP contribution in [0.5, 0.6) is 11.5 Å². The first-order chi connectivity index (χ1) is 15.9. The topological polar surface area (TPSA) is 77.4 Å². The van der Waals surface area contributed by atoms with Crippen molar-refractivity contribution >= 4 is 11.7 Å². The third-order valence-corrected chi connectivity index (χ3v) is 5.81. The maximum Gasteiger partial charge on any atom is 0.260 e. The van der Waals surface area contributed by atoms with Crippen molar-refractivity contribution in [3.63, 3.8) is 0 Å². The number of anilines is 1. The predicted octanol–water partition coefficient (Wildman–Crippen LogP) is 4.50. The van der Waals surface area contributed by atoms with Crippen LogP contribution in [-0.2, 0) is 6.54 Å². The van der Waals surface area contributed by atoms with Gasteiger partial charge in [-0.05, 0) is 36.6 Å². The Morgan fingerprint density at radius 3 is 2.58 bits per heavy atom. The largest absolute Gasteiger partial charge is 0.493 e. The average molecular weight is 456 g/mol. The Kier molecular flexibility index (Phi) is 6.48. The maximum absolute atomic E-state index is 13.9. The molecule has 4 rings (SSSR count). The van der Waals surface area contributed by atoms with Gasteiger partial charge in [0.05, 0.1) is 26.5 Å². The molecule has 1 amide bonds. The van der Waals surface area contributed by atoms with Gasteiger partial charge < -0.3 is 20.1 Å². The molecule has 33 heavy (non-hydrogen) atoms. The summed E-state index contributed by atoms with van der Waals surface area (Å²) in [6, 6.07) is 11.6. The number of nitrogens with zero attached hydrogens (tertiary/aromatic N) is 2. The molecule has 0 saturated heterocycles. The predicted molar refractivity (Wildman–Crippen MR) is 120 cm³/mol. The molecule has 7 nitrogen and oxygen atoms in total. The molecule has 0 aliphatic carbocycles. The van der Waals surface area contributed by atoms with Gasteiger partial charge in [-0.1, -0.05) is 35.9 Å². The van der Waals surface area contributed by atoms with E-state index in [1.165, 1.54) is 18.0 Å². The molecule has 2 aromatic carbocycles. The summed E-state index contributed by atoms with van der Waals surface area (Å²) in [5.41, 5.74) is 2.99. The molecule has 1 aliphatic heterocycles. The molecule has 2 atom stereocenters. The number of aryl methyl sites for hydroxylation is 1. The van der Waals surface area contributed by atoms with Crippen LogP contribution in [0.1, 0.15) is 45.6 Å². The van der Waals surface area contributed by atoms with E-state index in [1.807, 2.05) is 37.3 Å². The van der Waals surface area contributed by atoms with Gasteiger partial charge in [-0.15, -0.1) is 0 Å². The number of hydrogen-bond donors (Lipinski definition) is 2.